The maximum atomic E-state index is 10.4. The van der Waals surface area contributed by atoms with Gasteiger partial charge in [-0.25, -0.2) is 4.79 Å². The van der Waals surface area contributed by atoms with Crippen molar-refractivity contribution >= 4 is 30.8 Å². The van der Waals surface area contributed by atoms with Crippen LogP contribution in [0.4, 0.5) is 0 Å². The van der Waals surface area contributed by atoms with Crippen LogP contribution in [0.1, 0.15) is 0 Å². The molecular formula is C5H14Cl2N2O3. The van der Waals surface area contributed by atoms with Crippen LogP contribution in [0.3, 0.4) is 0 Å². The second-order valence-corrected chi connectivity index (χ2v) is 1.74. The average Bonchev–Trinajstić information content (AvgIpc) is 1.99. The van der Waals surface area contributed by atoms with Gasteiger partial charge in [-0.15, -0.1) is 24.8 Å². The highest BCUT2D eigenvalue weighted by Gasteiger charge is 2.08. The number of aliphatic hydroxyl groups excluding tert-OH is 1. The van der Waals surface area contributed by atoms with Crippen LogP contribution in [0.15, 0.2) is 0 Å². The molecule has 0 spiro atoms. The van der Waals surface area contributed by atoms with Gasteiger partial charge in [0.2, 0.25) is 0 Å². The van der Waals surface area contributed by atoms with Gasteiger partial charge in [-0.2, -0.15) is 0 Å². The van der Waals surface area contributed by atoms with E-state index in [0.717, 1.165) is 0 Å². The van der Waals surface area contributed by atoms with E-state index in [2.05, 4.69) is 4.74 Å². The van der Waals surface area contributed by atoms with Gasteiger partial charge >= 0.3 is 5.97 Å². The summed E-state index contributed by atoms with van der Waals surface area (Å²) in [6.07, 6.45) is -0.473. The molecule has 0 amide bonds. The van der Waals surface area contributed by atoms with Crippen molar-refractivity contribution in [2.75, 3.05) is 19.7 Å². The van der Waals surface area contributed by atoms with Gasteiger partial charge in [-0.05, 0) is 0 Å². The fourth-order valence-electron chi connectivity index (χ4n) is 0.416. The lowest BCUT2D eigenvalue weighted by Crippen LogP contribution is -2.34. The number of carbonyl (C=O) groups is 1. The van der Waals surface area contributed by atoms with E-state index >= 15 is 0 Å². The first-order chi connectivity index (χ1) is 4.74. The smallest absolute Gasteiger partial charge is 0.332 e. The van der Waals surface area contributed by atoms with Crippen molar-refractivity contribution in [3.05, 3.63) is 0 Å². The van der Waals surface area contributed by atoms with Crippen molar-refractivity contribution in [2.24, 2.45) is 11.5 Å². The summed E-state index contributed by atoms with van der Waals surface area (Å²) in [5.74, 6) is -0.694. The Bertz CT molecular complexity index is 111. The minimum Gasteiger partial charge on any atom is -0.458 e. The molecule has 0 saturated carbocycles. The third kappa shape index (κ3) is 8.03. The normalized spacial score (nSPS) is 8.33. The highest BCUT2D eigenvalue weighted by atomic mass is 35.5. The van der Waals surface area contributed by atoms with Crippen molar-refractivity contribution in [1.82, 2.24) is 0 Å². The fourth-order valence-corrected chi connectivity index (χ4v) is 0.416. The zero-order chi connectivity index (χ0) is 7.98. The average molecular weight is 221 g/mol. The third-order valence-corrected chi connectivity index (χ3v) is 0.953. The molecule has 5 nitrogen and oxygen atoms in total. The molecule has 0 aromatic carbocycles. The van der Waals surface area contributed by atoms with Crippen LogP contribution in [0.5, 0.6) is 0 Å². The molecule has 0 aromatic rings. The van der Waals surface area contributed by atoms with Crippen molar-refractivity contribution < 1.29 is 14.6 Å². The molecule has 0 atom stereocenters. The summed E-state index contributed by atoms with van der Waals surface area (Å²) in [5, 5.41) is 8.22. The number of hydrogen-bond acceptors (Lipinski definition) is 5. The maximum Gasteiger partial charge on any atom is 0.332 e. The molecular weight excluding hydrogens is 207 g/mol. The van der Waals surface area contributed by atoms with E-state index in [1.807, 2.05) is 0 Å². The molecule has 12 heavy (non-hydrogen) atoms. The van der Waals surface area contributed by atoms with Gasteiger partial charge in [-0.3, -0.25) is 0 Å². The predicted octanol–water partition coefficient (Wildman–Crippen LogP) is -1.35. The van der Waals surface area contributed by atoms with E-state index in [9.17, 15) is 4.79 Å². The molecule has 0 unspecified atom stereocenters. The maximum absolute atomic E-state index is 10.4. The van der Waals surface area contributed by atoms with Gasteiger partial charge < -0.3 is 21.3 Å². The zero-order valence-corrected chi connectivity index (χ0v) is 8.07. The minimum atomic E-state index is -0.694. The first-order valence-corrected chi connectivity index (χ1v) is 2.95. The summed E-state index contributed by atoms with van der Waals surface area (Å²) >= 11 is 0. The molecule has 0 fully saturated rings. The highest BCUT2D eigenvalue weighted by molar-refractivity contribution is 5.85. The number of halogens is 2. The Labute approximate surface area is 83.3 Å². The van der Waals surface area contributed by atoms with E-state index in [1.54, 1.807) is 0 Å². The molecule has 0 aliphatic heterocycles. The summed E-state index contributed by atoms with van der Waals surface area (Å²) in [6, 6.07) is 0. The van der Waals surface area contributed by atoms with E-state index < -0.39 is 18.7 Å². The molecule has 0 aliphatic carbocycles. The number of esters is 1. The second-order valence-electron chi connectivity index (χ2n) is 1.74. The SMILES string of the molecule is Cl.Cl.NCC(CN)OC(=O)CO. The monoisotopic (exact) mass is 220 g/mol. The van der Waals surface area contributed by atoms with Crippen LogP contribution in [0, 0.1) is 0 Å². The van der Waals surface area contributed by atoms with Crippen LogP contribution in [-0.2, 0) is 9.53 Å². The summed E-state index contributed by atoms with van der Waals surface area (Å²) in [6.45, 7) is -0.263. The van der Waals surface area contributed by atoms with Crippen molar-refractivity contribution in [3.8, 4) is 0 Å². The standard InChI is InChI=1S/C5H12N2O3.2ClH/c6-1-4(2-7)10-5(9)3-8;;/h4,8H,1-3,6-7H2;2*1H. The van der Waals surface area contributed by atoms with Crippen LogP contribution >= 0.6 is 24.8 Å². The van der Waals surface area contributed by atoms with E-state index in [1.165, 1.54) is 0 Å². The Morgan fingerprint density at radius 1 is 1.33 bits per heavy atom. The Balaban J connectivity index is -0.000000405. The van der Waals surface area contributed by atoms with Crippen LogP contribution in [0.25, 0.3) is 0 Å². The summed E-state index contributed by atoms with van der Waals surface area (Å²) in [7, 11) is 0. The number of rotatable bonds is 4. The third-order valence-electron chi connectivity index (χ3n) is 0.953. The molecule has 0 aromatic heterocycles. The van der Waals surface area contributed by atoms with Crippen molar-refractivity contribution in [2.45, 2.75) is 6.10 Å². The highest BCUT2D eigenvalue weighted by Crippen LogP contribution is 1.86. The van der Waals surface area contributed by atoms with Gasteiger partial charge in [0.25, 0.3) is 0 Å². The van der Waals surface area contributed by atoms with Crippen molar-refractivity contribution in [3.63, 3.8) is 0 Å². The fraction of sp³-hybridized carbons (Fsp3) is 0.800. The van der Waals surface area contributed by atoms with Crippen molar-refractivity contribution in [1.29, 1.82) is 0 Å². The number of nitrogens with two attached hydrogens (primary N) is 2. The topological polar surface area (TPSA) is 98.6 Å². The molecule has 0 saturated heterocycles. The molecule has 7 heteroatoms. The van der Waals surface area contributed by atoms with Crippen LogP contribution in [-0.4, -0.2) is 36.9 Å². The Kier molecular flexibility index (Phi) is 16.3. The minimum absolute atomic E-state index is 0. The number of ether oxygens (including phenoxy) is 1. The Morgan fingerprint density at radius 2 is 1.75 bits per heavy atom. The van der Waals surface area contributed by atoms with Gasteiger partial charge in [0.15, 0.2) is 0 Å². The van der Waals surface area contributed by atoms with Gasteiger partial charge in [0, 0.05) is 13.1 Å². The van der Waals surface area contributed by atoms with E-state index in [4.69, 9.17) is 16.6 Å². The largest absolute Gasteiger partial charge is 0.458 e. The lowest BCUT2D eigenvalue weighted by Gasteiger charge is -2.11. The first kappa shape index (κ1) is 17.9. The number of carbonyl (C=O) groups excluding carboxylic acids is 1. The van der Waals surface area contributed by atoms with Gasteiger partial charge in [-0.1, -0.05) is 0 Å². The van der Waals surface area contributed by atoms with Crippen LogP contribution < -0.4 is 11.5 Å². The molecule has 0 rings (SSSR count). The van der Waals surface area contributed by atoms with E-state index in [-0.39, 0.29) is 37.9 Å². The molecule has 76 valence electrons. The summed E-state index contributed by atoms with van der Waals surface area (Å²) < 4.78 is 4.56. The molecule has 0 aliphatic rings. The Morgan fingerprint density at radius 3 is 2.00 bits per heavy atom. The number of hydrogen-bond donors (Lipinski definition) is 3. The summed E-state index contributed by atoms with van der Waals surface area (Å²) in [4.78, 5) is 10.4. The first-order valence-electron chi connectivity index (χ1n) is 2.95. The zero-order valence-electron chi connectivity index (χ0n) is 6.43. The summed E-state index contributed by atoms with van der Waals surface area (Å²) in [5.41, 5.74) is 10.3. The molecule has 0 radical (unpaired) electrons. The van der Waals surface area contributed by atoms with Gasteiger partial charge in [0.1, 0.15) is 12.7 Å². The lowest BCUT2D eigenvalue weighted by molar-refractivity contribution is -0.151. The second kappa shape index (κ2) is 10.9. The lowest BCUT2D eigenvalue weighted by atomic mass is 10.4. The number of aliphatic hydroxyl groups is 1. The predicted molar refractivity (Wildman–Crippen MR) is 49.6 cm³/mol. The van der Waals surface area contributed by atoms with E-state index in [0.29, 0.717) is 0 Å². The molecule has 0 bridgehead atoms. The Hall–Kier alpha value is -0.0700. The molecule has 5 N–H and O–H groups in total. The van der Waals surface area contributed by atoms with Gasteiger partial charge in [0.05, 0.1) is 0 Å². The van der Waals surface area contributed by atoms with Crippen LogP contribution in [0.2, 0.25) is 0 Å². The molecule has 0 heterocycles. The quantitative estimate of drug-likeness (QED) is 0.510.